The van der Waals surface area contributed by atoms with Gasteiger partial charge in [0.2, 0.25) is 9.84 Å². The lowest BCUT2D eigenvalue weighted by molar-refractivity contribution is 0.0643. The monoisotopic (exact) mass is 420 g/mol. The second kappa shape index (κ2) is 7.66. The molecule has 2 aromatic rings. The van der Waals surface area contributed by atoms with Crippen molar-refractivity contribution in [2.75, 3.05) is 32.7 Å². The van der Waals surface area contributed by atoms with E-state index >= 15 is 0 Å². The molecule has 0 bridgehead atoms. The average molecular weight is 421 g/mol. The van der Waals surface area contributed by atoms with Crippen molar-refractivity contribution in [3.05, 3.63) is 59.2 Å². The summed E-state index contributed by atoms with van der Waals surface area (Å²) in [6, 6.07) is 10.6. The van der Waals surface area contributed by atoms with E-state index in [1.807, 2.05) is 0 Å². The third-order valence-corrected chi connectivity index (χ3v) is 7.14. The number of nitrogens with zero attached hydrogens (tertiary/aromatic N) is 2. The van der Waals surface area contributed by atoms with E-state index in [2.05, 4.69) is 11.8 Å². The molecule has 2 aliphatic rings. The van der Waals surface area contributed by atoms with Crippen LogP contribution in [0, 0.1) is 0 Å². The highest BCUT2D eigenvalue weighted by molar-refractivity contribution is 7.91. The zero-order chi connectivity index (χ0) is 19.2. The minimum absolute atomic E-state index is 0. The van der Waals surface area contributed by atoms with E-state index in [1.165, 1.54) is 24.3 Å². The van der Waals surface area contributed by atoms with E-state index in [0.717, 1.165) is 19.6 Å². The number of fused-ring (bicyclic) bond motifs is 2. The van der Waals surface area contributed by atoms with E-state index in [1.54, 1.807) is 23.1 Å². The Morgan fingerprint density at radius 1 is 0.964 bits per heavy atom. The Morgan fingerprint density at radius 3 is 2.29 bits per heavy atom. The first-order chi connectivity index (χ1) is 12.9. The van der Waals surface area contributed by atoms with E-state index in [0.29, 0.717) is 18.7 Å². The zero-order valence-electron chi connectivity index (χ0n) is 15.4. The molecule has 0 aromatic heterocycles. The third kappa shape index (κ3) is 3.23. The van der Waals surface area contributed by atoms with Gasteiger partial charge >= 0.3 is 0 Å². The number of hydrogen-bond acceptors (Lipinski definition) is 5. The van der Waals surface area contributed by atoms with Gasteiger partial charge in [0.05, 0.1) is 9.79 Å². The normalized spacial score (nSPS) is 18.0. The number of piperazine rings is 1. The number of carbonyl (C=O) groups excluding carboxylic acids is 2. The van der Waals surface area contributed by atoms with Crippen LogP contribution in [0.15, 0.2) is 52.3 Å². The highest BCUT2D eigenvalue weighted by Gasteiger charge is 2.35. The molecule has 8 heteroatoms. The van der Waals surface area contributed by atoms with Gasteiger partial charge in [-0.15, -0.1) is 12.4 Å². The van der Waals surface area contributed by atoms with Gasteiger partial charge in [-0.3, -0.25) is 9.59 Å². The van der Waals surface area contributed by atoms with Gasteiger partial charge in [-0.25, -0.2) is 8.42 Å². The standard InChI is InChI=1S/C20H20N2O4S.ClH/c1-2-21-9-11-22(12-10-21)20(24)14-7-8-16-18(13-14)27(25,26)17-6-4-3-5-15(17)19(16)23;/h3-8,13H,2,9-12H2,1H3;1H. The molecule has 28 heavy (non-hydrogen) atoms. The molecule has 148 valence electrons. The number of likely N-dealkylation sites (N-methyl/N-ethyl adjacent to an activating group) is 1. The van der Waals surface area contributed by atoms with Gasteiger partial charge in [0.1, 0.15) is 0 Å². The first-order valence-electron chi connectivity index (χ1n) is 8.98. The number of ketones is 1. The van der Waals surface area contributed by atoms with Crippen LogP contribution in [0.5, 0.6) is 0 Å². The molecular weight excluding hydrogens is 400 g/mol. The Morgan fingerprint density at radius 2 is 1.61 bits per heavy atom. The minimum atomic E-state index is -3.83. The molecule has 2 aromatic carbocycles. The second-order valence-corrected chi connectivity index (χ2v) is 8.65. The molecular formula is C20H21ClN2O4S. The maximum absolute atomic E-state index is 13.0. The van der Waals surface area contributed by atoms with Crippen molar-refractivity contribution in [3.8, 4) is 0 Å². The Bertz CT molecular complexity index is 1040. The predicted molar refractivity (Wildman–Crippen MR) is 107 cm³/mol. The maximum atomic E-state index is 13.0. The fourth-order valence-electron chi connectivity index (χ4n) is 3.67. The quantitative estimate of drug-likeness (QED) is 0.635. The summed E-state index contributed by atoms with van der Waals surface area (Å²) >= 11 is 0. The molecule has 6 nitrogen and oxygen atoms in total. The van der Waals surface area contributed by atoms with Gasteiger partial charge < -0.3 is 9.80 Å². The zero-order valence-corrected chi connectivity index (χ0v) is 17.1. The van der Waals surface area contributed by atoms with Crippen LogP contribution in [0.3, 0.4) is 0 Å². The lowest BCUT2D eigenvalue weighted by Crippen LogP contribution is -2.48. The molecule has 2 heterocycles. The van der Waals surface area contributed by atoms with Crippen LogP contribution >= 0.6 is 12.4 Å². The number of hydrogen-bond donors (Lipinski definition) is 0. The average Bonchev–Trinajstić information content (AvgIpc) is 2.71. The molecule has 1 fully saturated rings. The highest BCUT2D eigenvalue weighted by atomic mass is 35.5. The van der Waals surface area contributed by atoms with Crippen LogP contribution in [0.1, 0.15) is 33.2 Å². The first kappa shape index (κ1) is 20.5. The van der Waals surface area contributed by atoms with E-state index in [4.69, 9.17) is 0 Å². The second-order valence-electron chi connectivity index (χ2n) is 6.77. The summed E-state index contributed by atoms with van der Waals surface area (Å²) in [5, 5.41) is 0. The lowest BCUT2D eigenvalue weighted by atomic mass is 10.0. The van der Waals surface area contributed by atoms with Gasteiger partial charge in [-0.05, 0) is 36.9 Å². The molecule has 0 N–H and O–H groups in total. The molecule has 0 spiro atoms. The molecule has 0 aliphatic carbocycles. The summed E-state index contributed by atoms with van der Waals surface area (Å²) in [5.74, 6) is -0.527. The minimum Gasteiger partial charge on any atom is -0.336 e. The molecule has 1 saturated heterocycles. The number of amides is 1. The summed E-state index contributed by atoms with van der Waals surface area (Å²) in [5.41, 5.74) is 0.607. The molecule has 4 rings (SSSR count). The van der Waals surface area contributed by atoms with Gasteiger partial charge in [0.15, 0.2) is 5.78 Å². The number of sulfone groups is 1. The van der Waals surface area contributed by atoms with Gasteiger partial charge in [0, 0.05) is 42.9 Å². The van der Waals surface area contributed by atoms with Crippen molar-refractivity contribution in [1.82, 2.24) is 9.80 Å². The number of halogens is 1. The predicted octanol–water partition coefficient (Wildman–Crippen LogP) is 2.26. The lowest BCUT2D eigenvalue weighted by Gasteiger charge is -2.34. The van der Waals surface area contributed by atoms with Crippen molar-refractivity contribution in [2.45, 2.75) is 16.7 Å². The van der Waals surface area contributed by atoms with Crippen LogP contribution in [0.25, 0.3) is 0 Å². The van der Waals surface area contributed by atoms with Crippen LogP contribution in [-0.4, -0.2) is 62.6 Å². The van der Waals surface area contributed by atoms with Crippen molar-refractivity contribution in [1.29, 1.82) is 0 Å². The maximum Gasteiger partial charge on any atom is 0.253 e. The van der Waals surface area contributed by atoms with Crippen molar-refractivity contribution >= 4 is 33.9 Å². The van der Waals surface area contributed by atoms with Crippen molar-refractivity contribution < 1.29 is 18.0 Å². The van der Waals surface area contributed by atoms with E-state index in [-0.39, 0.29) is 45.0 Å². The highest BCUT2D eigenvalue weighted by Crippen LogP contribution is 2.34. The van der Waals surface area contributed by atoms with E-state index in [9.17, 15) is 18.0 Å². The number of carbonyl (C=O) groups is 2. The molecule has 0 saturated carbocycles. The molecule has 0 radical (unpaired) electrons. The third-order valence-electron chi connectivity index (χ3n) is 5.29. The first-order valence-corrected chi connectivity index (χ1v) is 10.5. The van der Waals surface area contributed by atoms with Crippen LogP contribution in [-0.2, 0) is 9.84 Å². The number of benzene rings is 2. The Hall–Kier alpha value is -2.22. The van der Waals surface area contributed by atoms with Crippen LogP contribution in [0.2, 0.25) is 0 Å². The fraction of sp³-hybridized carbons (Fsp3) is 0.300. The van der Waals surface area contributed by atoms with Crippen LogP contribution < -0.4 is 0 Å². The molecule has 1 amide bonds. The van der Waals surface area contributed by atoms with Crippen molar-refractivity contribution in [2.24, 2.45) is 0 Å². The fourth-order valence-corrected chi connectivity index (χ4v) is 5.34. The number of rotatable bonds is 2. The smallest absolute Gasteiger partial charge is 0.253 e. The summed E-state index contributed by atoms with van der Waals surface area (Å²) in [7, 11) is -3.83. The molecule has 0 atom stereocenters. The summed E-state index contributed by atoms with van der Waals surface area (Å²) < 4.78 is 26.0. The molecule has 0 unspecified atom stereocenters. The Labute approximate surface area is 170 Å². The van der Waals surface area contributed by atoms with Gasteiger partial charge in [-0.1, -0.05) is 19.1 Å². The van der Waals surface area contributed by atoms with E-state index < -0.39 is 9.84 Å². The Balaban J connectivity index is 0.00000225. The van der Waals surface area contributed by atoms with Gasteiger partial charge in [0.25, 0.3) is 5.91 Å². The summed E-state index contributed by atoms with van der Waals surface area (Å²) in [6.07, 6.45) is 0. The Kier molecular flexibility index (Phi) is 5.61. The summed E-state index contributed by atoms with van der Waals surface area (Å²) in [6.45, 7) is 5.85. The SMILES string of the molecule is CCN1CCN(C(=O)c2ccc3c(c2)S(=O)(=O)c2ccccc2C3=O)CC1.Cl. The largest absolute Gasteiger partial charge is 0.336 e. The van der Waals surface area contributed by atoms with Crippen molar-refractivity contribution in [3.63, 3.8) is 0 Å². The van der Waals surface area contributed by atoms with Crippen LogP contribution in [0.4, 0.5) is 0 Å². The molecule has 2 aliphatic heterocycles. The topological polar surface area (TPSA) is 74.8 Å². The summed E-state index contributed by atoms with van der Waals surface area (Å²) in [4.78, 5) is 29.4. The van der Waals surface area contributed by atoms with Gasteiger partial charge in [-0.2, -0.15) is 0 Å².